The first-order chi connectivity index (χ1) is 9.74. The van der Waals surface area contributed by atoms with E-state index in [1.807, 2.05) is 6.20 Å². The molecule has 2 heteroatoms. The second kappa shape index (κ2) is 5.92. The fourth-order valence-electron chi connectivity index (χ4n) is 2.72. The van der Waals surface area contributed by atoms with Crippen LogP contribution < -0.4 is 5.32 Å². The van der Waals surface area contributed by atoms with Gasteiger partial charge >= 0.3 is 0 Å². The third kappa shape index (κ3) is 3.18. The van der Waals surface area contributed by atoms with E-state index in [9.17, 15) is 0 Å². The van der Waals surface area contributed by atoms with Gasteiger partial charge in [-0.2, -0.15) is 0 Å². The Hall–Kier alpha value is -1.41. The molecule has 2 nitrogen and oxygen atoms in total. The van der Waals surface area contributed by atoms with Crippen LogP contribution in [0.4, 0.5) is 0 Å². The molecule has 0 spiro atoms. The lowest BCUT2D eigenvalue weighted by atomic mass is 9.88. The Morgan fingerprint density at radius 1 is 1.15 bits per heavy atom. The van der Waals surface area contributed by atoms with Crippen molar-refractivity contribution >= 4 is 10.9 Å². The molecular formula is C18H24N2. The molecule has 1 aromatic heterocycles. The van der Waals surface area contributed by atoms with Gasteiger partial charge in [0.2, 0.25) is 0 Å². The van der Waals surface area contributed by atoms with Crippen molar-refractivity contribution in [3.63, 3.8) is 0 Å². The number of aromatic nitrogens is 1. The van der Waals surface area contributed by atoms with Crippen molar-refractivity contribution in [3.05, 3.63) is 42.1 Å². The summed E-state index contributed by atoms with van der Waals surface area (Å²) in [5, 5.41) is 4.96. The van der Waals surface area contributed by atoms with Gasteiger partial charge in [-0.1, -0.05) is 32.0 Å². The Morgan fingerprint density at radius 3 is 2.75 bits per heavy atom. The zero-order valence-corrected chi connectivity index (χ0v) is 12.5. The van der Waals surface area contributed by atoms with Gasteiger partial charge in [0.1, 0.15) is 0 Å². The van der Waals surface area contributed by atoms with Crippen molar-refractivity contribution in [2.75, 3.05) is 6.54 Å². The molecule has 1 heterocycles. The van der Waals surface area contributed by atoms with Gasteiger partial charge in [-0.25, -0.2) is 0 Å². The number of fused-ring (bicyclic) bond motifs is 1. The predicted octanol–water partition coefficient (Wildman–Crippen LogP) is 3.80. The van der Waals surface area contributed by atoms with E-state index in [1.165, 1.54) is 23.8 Å². The lowest BCUT2D eigenvalue weighted by molar-refractivity contribution is 0.365. The average molecular weight is 268 g/mol. The summed E-state index contributed by atoms with van der Waals surface area (Å²) in [5.74, 6) is 1.40. The van der Waals surface area contributed by atoms with Gasteiger partial charge in [-0.05, 0) is 55.3 Å². The van der Waals surface area contributed by atoms with E-state index in [4.69, 9.17) is 0 Å². The molecule has 1 saturated carbocycles. The molecule has 106 valence electrons. The maximum Gasteiger partial charge on any atom is 0.0704 e. The number of nitrogens with one attached hydrogen (secondary N) is 1. The third-order valence-electron chi connectivity index (χ3n) is 4.56. The van der Waals surface area contributed by atoms with Crippen LogP contribution in [0.1, 0.15) is 32.3 Å². The first-order valence-electron chi connectivity index (χ1n) is 7.80. The second-order valence-corrected chi connectivity index (χ2v) is 6.33. The molecule has 0 saturated heterocycles. The van der Waals surface area contributed by atoms with Crippen LogP contribution in [-0.4, -0.2) is 17.6 Å². The van der Waals surface area contributed by atoms with E-state index in [-0.39, 0.29) is 0 Å². The van der Waals surface area contributed by atoms with Crippen LogP contribution in [0.2, 0.25) is 0 Å². The highest BCUT2D eigenvalue weighted by Crippen LogP contribution is 2.24. The molecular weight excluding hydrogens is 244 g/mol. The van der Waals surface area contributed by atoms with E-state index in [2.05, 4.69) is 54.5 Å². The van der Waals surface area contributed by atoms with E-state index in [1.54, 1.807) is 0 Å². The van der Waals surface area contributed by atoms with Crippen molar-refractivity contribution in [1.29, 1.82) is 0 Å². The largest absolute Gasteiger partial charge is 0.314 e. The Bertz CT molecular complexity index is 569. The van der Waals surface area contributed by atoms with Crippen LogP contribution in [0.3, 0.4) is 0 Å². The predicted molar refractivity (Wildman–Crippen MR) is 84.8 cm³/mol. The topological polar surface area (TPSA) is 24.9 Å². The van der Waals surface area contributed by atoms with Gasteiger partial charge < -0.3 is 5.32 Å². The van der Waals surface area contributed by atoms with E-state index in [0.29, 0.717) is 11.8 Å². The zero-order chi connectivity index (χ0) is 13.9. The highest BCUT2D eigenvalue weighted by atomic mass is 14.9. The summed E-state index contributed by atoms with van der Waals surface area (Å²) in [5.41, 5.74) is 2.54. The molecule has 20 heavy (non-hydrogen) atoms. The van der Waals surface area contributed by atoms with Gasteiger partial charge in [0.25, 0.3) is 0 Å². The number of hydrogen-bond donors (Lipinski definition) is 1. The van der Waals surface area contributed by atoms with Crippen LogP contribution in [0.5, 0.6) is 0 Å². The van der Waals surface area contributed by atoms with Crippen molar-refractivity contribution in [1.82, 2.24) is 10.3 Å². The summed E-state index contributed by atoms with van der Waals surface area (Å²) < 4.78 is 0. The molecule has 3 rings (SSSR count). The van der Waals surface area contributed by atoms with Crippen LogP contribution in [-0.2, 0) is 6.42 Å². The van der Waals surface area contributed by atoms with Crippen molar-refractivity contribution in [3.8, 4) is 0 Å². The molecule has 2 aromatic rings. The summed E-state index contributed by atoms with van der Waals surface area (Å²) in [6.07, 6.45) is 5.82. The standard InChI is InChI=1S/C18H24N2/c1-13(14(2)12-20-16-7-8-16)11-15-9-10-19-18-6-4-3-5-17(15)18/h3-6,9-10,13-14,16,20H,7-8,11-12H2,1-2H3. The maximum atomic E-state index is 4.45. The summed E-state index contributed by atoms with van der Waals surface area (Å²) in [4.78, 5) is 4.45. The summed E-state index contributed by atoms with van der Waals surface area (Å²) in [6, 6.07) is 11.5. The molecule has 0 amide bonds. The molecule has 2 unspecified atom stereocenters. The number of para-hydroxylation sites is 1. The maximum absolute atomic E-state index is 4.45. The summed E-state index contributed by atoms with van der Waals surface area (Å²) >= 11 is 0. The third-order valence-corrected chi connectivity index (χ3v) is 4.56. The van der Waals surface area contributed by atoms with Crippen LogP contribution in [0.25, 0.3) is 10.9 Å². The second-order valence-electron chi connectivity index (χ2n) is 6.33. The van der Waals surface area contributed by atoms with Gasteiger partial charge in [-0.15, -0.1) is 0 Å². The monoisotopic (exact) mass is 268 g/mol. The van der Waals surface area contributed by atoms with Crippen LogP contribution in [0, 0.1) is 11.8 Å². The smallest absolute Gasteiger partial charge is 0.0704 e. The first-order valence-corrected chi connectivity index (χ1v) is 7.80. The van der Waals surface area contributed by atoms with Crippen LogP contribution >= 0.6 is 0 Å². The Morgan fingerprint density at radius 2 is 1.95 bits per heavy atom. The van der Waals surface area contributed by atoms with E-state index < -0.39 is 0 Å². The first kappa shape index (κ1) is 13.6. The molecule has 0 bridgehead atoms. The number of benzene rings is 1. The fraction of sp³-hybridized carbons (Fsp3) is 0.500. The highest BCUT2D eigenvalue weighted by Gasteiger charge is 2.22. The molecule has 1 aliphatic rings. The minimum Gasteiger partial charge on any atom is -0.314 e. The molecule has 1 aliphatic carbocycles. The van der Waals surface area contributed by atoms with Gasteiger partial charge in [0.05, 0.1) is 5.52 Å². The van der Waals surface area contributed by atoms with Gasteiger partial charge in [0.15, 0.2) is 0 Å². The molecule has 1 N–H and O–H groups in total. The van der Waals surface area contributed by atoms with E-state index in [0.717, 1.165) is 24.5 Å². The summed E-state index contributed by atoms with van der Waals surface area (Å²) in [7, 11) is 0. The van der Waals surface area contributed by atoms with Crippen LogP contribution in [0.15, 0.2) is 36.5 Å². The molecule has 1 fully saturated rings. The molecule has 2 atom stereocenters. The van der Waals surface area contributed by atoms with Gasteiger partial charge in [0, 0.05) is 17.6 Å². The average Bonchev–Trinajstić information content (AvgIpc) is 3.29. The Labute approximate surface area is 121 Å². The molecule has 1 aromatic carbocycles. The zero-order valence-electron chi connectivity index (χ0n) is 12.5. The fourth-order valence-corrected chi connectivity index (χ4v) is 2.72. The number of rotatable bonds is 6. The number of hydrogen-bond acceptors (Lipinski definition) is 2. The van der Waals surface area contributed by atoms with Crippen molar-refractivity contribution in [2.45, 2.75) is 39.2 Å². The molecule has 0 radical (unpaired) electrons. The number of nitrogens with zero attached hydrogens (tertiary/aromatic N) is 1. The Kier molecular flexibility index (Phi) is 4.02. The minimum atomic E-state index is 0.687. The quantitative estimate of drug-likeness (QED) is 0.862. The lowest BCUT2D eigenvalue weighted by Gasteiger charge is -2.21. The van der Waals surface area contributed by atoms with E-state index >= 15 is 0 Å². The van der Waals surface area contributed by atoms with Crippen molar-refractivity contribution < 1.29 is 0 Å². The Balaban J connectivity index is 1.68. The molecule has 0 aliphatic heterocycles. The highest BCUT2D eigenvalue weighted by molar-refractivity contribution is 5.81. The minimum absolute atomic E-state index is 0.687. The van der Waals surface area contributed by atoms with Crippen molar-refractivity contribution in [2.24, 2.45) is 11.8 Å². The summed E-state index contributed by atoms with van der Waals surface area (Å²) in [6.45, 7) is 5.88. The normalized spacial score (nSPS) is 18.1. The number of pyridine rings is 1. The van der Waals surface area contributed by atoms with Gasteiger partial charge in [-0.3, -0.25) is 4.98 Å². The SMILES string of the molecule is CC(CNC1CC1)C(C)Cc1ccnc2ccccc12. The lowest BCUT2D eigenvalue weighted by Crippen LogP contribution is -2.27.